The molecule has 3 aromatic carbocycles. The molecule has 0 saturated carbocycles. The Labute approximate surface area is 188 Å². The zero-order valence-corrected chi connectivity index (χ0v) is 17.9. The Bertz CT molecular complexity index is 1160. The molecule has 4 rings (SSSR count). The second kappa shape index (κ2) is 10.3. The van der Waals surface area contributed by atoms with E-state index in [1.54, 1.807) is 13.3 Å². The van der Waals surface area contributed by atoms with E-state index in [1.807, 2.05) is 91.0 Å². The van der Waals surface area contributed by atoms with Gasteiger partial charge in [-0.05, 0) is 65.7 Å². The molecular weight excluding hydrogens is 398 g/mol. The van der Waals surface area contributed by atoms with Gasteiger partial charge in [0.25, 0.3) is 5.91 Å². The maximum absolute atomic E-state index is 13.0. The molecule has 0 unspecified atom stereocenters. The Hall–Kier alpha value is -4.12. The second-order valence-electron chi connectivity index (χ2n) is 7.30. The standard InChI is InChI=1S/C27H25N3O2/c1-32-24-15-9-20(10-16-24)25-7-2-3-8-26(25)27(31)30-23-13-11-22(12-14-23)29-19-17-21-6-4-5-18-28-21/h2-16,18,29H,17,19H2,1H3,(H,30,31). The first-order valence-corrected chi connectivity index (χ1v) is 10.5. The molecule has 0 aliphatic rings. The van der Waals surface area contributed by atoms with Gasteiger partial charge in [0, 0.05) is 41.8 Å². The van der Waals surface area contributed by atoms with Crippen molar-refractivity contribution in [2.24, 2.45) is 0 Å². The quantitative estimate of drug-likeness (QED) is 0.384. The lowest BCUT2D eigenvalue weighted by molar-refractivity contribution is 0.102. The highest BCUT2D eigenvalue weighted by Gasteiger charge is 2.13. The number of rotatable bonds is 8. The molecule has 2 N–H and O–H groups in total. The number of nitrogens with zero attached hydrogens (tertiary/aromatic N) is 1. The Kier molecular flexibility index (Phi) is 6.78. The summed E-state index contributed by atoms with van der Waals surface area (Å²) >= 11 is 0. The van der Waals surface area contributed by atoms with Gasteiger partial charge in [0.1, 0.15) is 5.75 Å². The van der Waals surface area contributed by atoms with Crippen LogP contribution in [0.1, 0.15) is 16.1 Å². The maximum atomic E-state index is 13.0. The van der Waals surface area contributed by atoms with E-state index in [9.17, 15) is 4.79 Å². The van der Waals surface area contributed by atoms with Crippen molar-refractivity contribution in [2.45, 2.75) is 6.42 Å². The van der Waals surface area contributed by atoms with Gasteiger partial charge in [0.2, 0.25) is 0 Å². The third kappa shape index (κ3) is 5.32. The Morgan fingerprint density at radius 3 is 2.28 bits per heavy atom. The number of amides is 1. The summed E-state index contributed by atoms with van der Waals surface area (Å²) in [6, 6.07) is 28.9. The highest BCUT2D eigenvalue weighted by Crippen LogP contribution is 2.26. The highest BCUT2D eigenvalue weighted by atomic mass is 16.5. The molecule has 0 aliphatic heterocycles. The van der Waals surface area contributed by atoms with Crippen molar-refractivity contribution < 1.29 is 9.53 Å². The van der Waals surface area contributed by atoms with Crippen molar-refractivity contribution in [3.63, 3.8) is 0 Å². The summed E-state index contributed by atoms with van der Waals surface area (Å²) in [6.07, 6.45) is 2.65. The van der Waals surface area contributed by atoms with E-state index in [4.69, 9.17) is 4.74 Å². The maximum Gasteiger partial charge on any atom is 0.256 e. The molecule has 0 bridgehead atoms. The van der Waals surface area contributed by atoms with Gasteiger partial charge in [-0.3, -0.25) is 9.78 Å². The largest absolute Gasteiger partial charge is 0.497 e. The molecule has 160 valence electrons. The predicted octanol–water partition coefficient (Wildman–Crippen LogP) is 5.66. The first-order chi connectivity index (χ1) is 15.7. The van der Waals surface area contributed by atoms with E-state index in [0.29, 0.717) is 5.56 Å². The van der Waals surface area contributed by atoms with E-state index in [1.165, 1.54) is 0 Å². The number of pyridine rings is 1. The van der Waals surface area contributed by atoms with Crippen LogP contribution in [0, 0.1) is 0 Å². The van der Waals surface area contributed by atoms with Crippen molar-refractivity contribution in [3.05, 3.63) is 108 Å². The average molecular weight is 424 g/mol. The number of nitrogens with one attached hydrogen (secondary N) is 2. The van der Waals surface area contributed by atoms with Gasteiger partial charge in [-0.15, -0.1) is 0 Å². The molecule has 1 heterocycles. The molecule has 5 nitrogen and oxygen atoms in total. The van der Waals surface area contributed by atoms with Crippen molar-refractivity contribution in [2.75, 3.05) is 24.3 Å². The highest BCUT2D eigenvalue weighted by molar-refractivity contribution is 6.08. The summed E-state index contributed by atoms with van der Waals surface area (Å²) in [4.78, 5) is 17.3. The first-order valence-electron chi connectivity index (χ1n) is 10.5. The van der Waals surface area contributed by atoms with E-state index < -0.39 is 0 Å². The van der Waals surface area contributed by atoms with Crippen LogP contribution in [-0.4, -0.2) is 24.5 Å². The fourth-order valence-electron chi connectivity index (χ4n) is 3.45. The number of carbonyl (C=O) groups excluding carboxylic acids is 1. The van der Waals surface area contributed by atoms with E-state index in [-0.39, 0.29) is 5.91 Å². The average Bonchev–Trinajstić information content (AvgIpc) is 2.86. The molecule has 0 spiro atoms. The van der Waals surface area contributed by atoms with Gasteiger partial charge in [-0.1, -0.05) is 36.4 Å². The summed E-state index contributed by atoms with van der Waals surface area (Å²) in [5.74, 6) is 0.636. The number of benzene rings is 3. The number of aromatic nitrogens is 1. The van der Waals surface area contributed by atoms with E-state index in [0.717, 1.165) is 46.9 Å². The predicted molar refractivity (Wildman–Crippen MR) is 129 cm³/mol. The molecule has 32 heavy (non-hydrogen) atoms. The van der Waals surface area contributed by atoms with Gasteiger partial charge in [-0.2, -0.15) is 0 Å². The van der Waals surface area contributed by atoms with Crippen molar-refractivity contribution in [1.29, 1.82) is 0 Å². The molecule has 0 saturated heterocycles. The Morgan fingerprint density at radius 2 is 1.56 bits per heavy atom. The number of hydrogen-bond acceptors (Lipinski definition) is 4. The minimum atomic E-state index is -0.146. The summed E-state index contributed by atoms with van der Waals surface area (Å²) in [5.41, 5.74) is 5.26. The van der Waals surface area contributed by atoms with Gasteiger partial charge in [0.05, 0.1) is 7.11 Å². The van der Waals surface area contributed by atoms with Gasteiger partial charge < -0.3 is 15.4 Å². The van der Waals surface area contributed by atoms with Crippen LogP contribution in [0.4, 0.5) is 11.4 Å². The third-order valence-corrected chi connectivity index (χ3v) is 5.15. The monoisotopic (exact) mass is 423 g/mol. The van der Waals surface area contributed by atoms with Gasteiger partial charge in [0.15, 0.2) is 0 Å². The molecule has 0 aliphatic carbocycles. The minimum absolute atomic E-state index is 0.146. The molecule has 5 heteroatoms. The molecular formula is C27H25N3O2. The number of ether oxygens (including phenoxy) is 1. The number of carbonyl (C=O) groups is 1. The smallest absolute Gasteiger partial charge is 0.256 e. The summed E-state index contributed by atoms with van der Waals surface area (Å²) < 4.78 is 5.23. The Morgan fingerprint density at radius 1 is 0.844 bits per heavy atom. The lowest BCUT2D eigenvalue weighted by Crippen LogP contribution is -2.13. The summed E-state index contributed by atoms with van der Waals surface area (Å²) in [7, 11) is 1.64. The molecule has 0 atom stereocenters. The SMILES string of the molecule is COc1ccc(-c2ccccc2C(=O)Nc2ccc(NCCc3ccccn3)cc2)cc1. The first kappa shape index (κ1) is 21.1. The van der Waals surface area contributed by atoms with Crippen molar-refractivity contribution in [3.8, 4) is 16.9 Å². The second-order valence-corrected chi connectivity index (χ2v) is 7.30. The Balaban J connectivity index is 1.39. The fourth-order valence-corrected chi connectivity index (χ4v) is 3.45. The van der Waals surface area contributed by atoms with Crippen LogP contribution < -0.4 is 15.4 Å². The summed E-state index contributed by atoms with van der Waals surface area (Å²) in [5, 5.41) is 6.38. The lowest BCUT2D eigenvalue weighted by atomic mass is 9.99. The minimum Gasteiger partial charge on any atom is -0.497 e. The topological polar surface area (TPSA) is 63.2 Å². The molecule has 1 aromatic heterocycles. The molecule has 0 radical (unpaired) electrons. The van der Waals surface area contributed by atoms with Crippen LogP contribution in [0.2, 0.25) is 0 Å². The fraction of sp³-hybridized carbons (Fsp3) is 0.111. The van der Waals surface area contributed by atoms with E-state index >= 15 is 0 Å². The van der Waals surface area contributed by atoms with Crippen LogP contribution in [0.3, 0.4) is 0 Å². The van der Waals surface area contributed by atoms with Crippen LogP contribution in [-0.2, 0) is 6.42 Å². The number of methoxy groups -OCH3 is 1. The van der Waals surface area contributed by atoms with Crippen LogP contribution in [0.5, 0.6) is 5.75 Å². The zero-order valence-electron chi connectivity index (χ0n) is 17.9. The van der Waals surface area contributed by atoms with Crippen LogP contribution >= 0.6 is 0 Å². The summed E-state index contributed by atoms with van der Waals surface area (Å²) in [6.45, 7) is 0.790. The number of anilines is 2. The van der Waals surface area contributed by atoms with Crippen LogP contribution in [0.15, 0.2) is 97.2 Å². The normalized spacial score (nSPS) is 10.4. The van der Waals surface area contributed by atoms with Crippen molar-refractivity contribution >= 4 is 17.3 Å². The number of hydrogen-bond donors (Lipinski definition) is 2. The molecule has 1 amide bonds. The molecule has 0 fully saturated rings. The van der Waals surface area contributed by atoms with Gasteiger partial charge >= 0.3 is 0 Å². The molecule has 4 aromatic rings. The third-order valence-electron chi connectivity index (χ3n) is 5.15. The van der Waals surface area contributed by atoms with E-state index in [2.05, 4.69) is 15.6 Å². The van der Waals surface area contributed by atoms with Gasteiger partial charge in [-0.25, -0.2) is 0 Å². The van der Waals surface area contributed by atoms with Crippen molar-refractivity contribution in [1.82, 2.24) is 4.98 Å². The van der Waals surface area contributed by atoms with Crippen LogP contribution in [0.25, 0.3) is 11.1 Å². The zero-order chi connectivity index (χ0) is 22.2. The lowest BCUT2D eigenvalue weighted by Gasteiger charge is -2.12.